The molecule has 104 valence electrons. The molecule has 1 aromatic rings. The average Bonchev–Trinajstić information content (AvgIpc) is 2.70. The first-order valence-corrected chi connectivity index (χ1v) is 5.95. The quantitative estimate of drug-likeness (QED) is 0.780. The Morgan fingerprint density at radius 1 is 1.32 bits per heavy atom. The molecule has 1 heterocycles. The third-order valence-electron chi connectivity index (χ3n) is 3.14. The van der Waals surface area contributed by atoms with Gasteiger partial charge in [-0.1, -0.05) is 0 Å². The third-order valence-corrected chi connectivity index (χ3v) is 3.14. The highest BCUT2D eigenvalue weighted by Gasteiger charge is 2.22. The van der Waals surface area contributed by atoms with Gasteiger partial charge in [0.1, 0.15) is 5.69 Å². The van der Waals surface area contributed by atoms with E-state index in [-0.39, 0.29) is 5.78 Å². The van der Waals surface area contributed by atoms with Gasteiger partial charge in [-0.15, -0.1) is 0 Å². The molecule has 0 spiro atoms. The van der Waals surface area contributed by atoms with Crippen LogP contribution in [-0.2, 0) is 11.8 Å². The molecule has 0 fully saturated rings. The van der Waals surface area contributed by atoms with Crippen molar-refractivity contribution in [3.05, 3.63) is 23.5 Å². The van der Waals surface area contributed by atoms with Crippen LogP contribution in [0.2, 0.25) is 0 Å². The van der Waals surface area contributed by atoms with Crippen molar-refractivity contribution in [3.63, 3.8) is 0 Å². The van der Waals surface area contributed by atoms with Crippen molar-refractivity contribution in [2.24, 2.45) is 13.0 Å². The number of Topliss-reactive ketones (excluding diaryl/α,β-unsaturated/α-hetero) is 1. The zero-order chi connectivity index (χ0) is 14.7. The molecule has 2 unspecified atom stereocenters. The van der Waals surface area contributed by atoms with Gasteiger partial charge >= 0.3 is 5.97 Å². The number of nitrogens with zero attached hydrogens (tertiary/aromatic N) is 1. The van der Waals surface area contributed by atoms with Gasteiger partial charge in [0.2, 0.25) is 0 Å². The molecule has 0 bridgehead atoms. The van der Waals surface area contributed by atoms with Crippen LogP contribution >= 0.6 is 0 Å². The highest BCUT2D eigenvalue weighted by Crippen LogP contribution is 2.10. The Balaban J connectivity index is 2.84. The van der Waals surface area contributed by atoms with Gasteiger partial charge in [0.25, 0.3) is 5.91 Å². The molecule has 0 radical (unpaired) electrons. The Kier molecular flexibility index (Phi) is 4.47. The monoisotopic (exact) mass is 266 g/mol. The zero-order valence-electron chi connectivity index (χ0n) is 11.4. The number of carboxylic acids is 1. The second-order valence-corrected chi connectivity index (χ2v) is 4.67. The molecule has 6 heteroatoms. The van der Waals surface area contributed by atoms with E-state index in [1.165, 1.54) is 19.9 Å². The van der Waals surface area contributed by atoms with Crippen LogP contribution in [0, 0.1) is 5.92 Å². The Morgan fingerprint density at radius 3 is 2.32 bits per heavy atom. The minimum absolute atomic E-state index is 0.124. The Morgan fingerprint density at radius 2 is 1.89 bits per heavy atom. The topological polar surface area (TPSA) is 88.4 Å². The van der Waals surface area contributed by atoms with Gasteiger partial charge in [-0.25, -0.2) is 0 Å². The summed E-state index contributed by atoms with van der Waals surface area (Å²) in [6.45, 7) is 4.58. The van der Waals surface area contributed by atoms with Gasteiger partial charge in [0.15, 0.2) is 5.78 Å². The maximum absolute atomic E-state index is 12.0. The highest BCUT2D eigenvalue weighted by atomic mass is 16.4. The summed E-state index contributed by atoms with van der Waals surface area (Å²) in [5, 5.41) is 11.5. The molecular weight excluding hydrogens is 248 g/mol. The van der Waals surface area contributed by atoms with Crippen molar-refractivity contribution in [1.82, 2.24) is 9.88 Å². The first-order chi connectivity index (χ1) is 8.73. The minimum Gasteiger partial charge on any atom is -0.481 e. The molecular formula is C13H18N2O4. The molecule has 2 atom stereocenters. The van der Waals surface area contributed by atoms with Crippen LogP contribution in [0.25, 0.3) is 0 Å². The summed E-state index contributed by atoms with van der Waals surface area (Å²) >= 11 is 0. The predicted molar refractivity (Wildman–Crippen MR) is 69.1 cm³/mol. The van der Waals surface area contributed by atoms with Gasteiger partial charge < -0.3 is 15.0 Å². The van der Waals surface area contributed by atoms with E-state index >= 15 is 0 Å². The summed E-state index contributed by atoms with van der Waals surface area (Å²) in [6, 6.07) is 0.996. The maximum atomic E-state index is 12.0. The first kappa shape index (κ1) is 14.9. The molecule has 2 N–H and O–H groups in total. The lowest BCUT2D eigenvalue weighted by Crippen LogP contribution is -2.40. The molecule has 1 rings (SSSR count). The van der Waals surface area contributed by atoms with Crippen LogP contribution in [0.5, 0.6) is 0 Å². The van der Waals surface area contributed by atoms with Crippen molar-refractivity contribution in [2.45, 2.75) is 26.8 Å². The Labute approximate surface area is 111 Å². The fourth-order valence-electron chi connectivity index (χ4n) is 1.60. The molecule has 1 aromatic heterocycles. The van der Waals surface area contributed by atoms with E-state index in [1.54, 1.807) is 24.7 Å². The van der Waals surface area contributed by atoms with E-state index in [0.717, 1.165) is 0 Å². The summed E-state index contributed by atoms with van der Waals surface area (Å²) in [7, 11) is 1.66. The summed E-state index contributed by atoms with van der Waals surface area (Å²) in [5.41, 5.74) is 0.779. The molecule has 19 heavy (non-hydrogen) atoms. The number of hydrogen-bond donors (Lipinski definition) is 2. The number of rotatable bonds is 5. The van der Waals surface area contributed by atoms with Gasteiger partial charge in [-0.3, -0.25) is 14.4 Å². The summed E-state index contributed by atoms with van der Waals surface area (Å²) < 4.78 is 1.55. The second-order valence-electron chi connectivity index (χ2n) is 4.67. The van der Waals surface area contributed by atoms with E-state index in [4.69, 9.17) is 5.11 Å². The van der Waals surface area contributed by atoms with Crippen molar-refractivity contribution in [2.75, 3.05) is 0 Å². The molecule has 0 aliphatic carbocycles. The summed E-state index contributed by atoms with van der Waals surface area (Å²) in [4.78, 5) is 34.1. The second kappa shape index (κ2) is 5.69. The van der Waals surface area contributed by atoms with Gasteiger partial charge in [0.05, 0.1) is 5.92 Å². The number of ketones is 1. The number of amides is 1. The van der Waals surface area contributed by atoms with Crippen molar-refractivity contribution < 1.29 is 19.5 Å². The van der Waals surface area contributed by atoms with E-state index in [0.29, 0.717) is 11.3 Å². The molecule has 0 aliphatic rings. The fourth-order valence-corrected chi connectivity index (χ4v) is 1.60. The number of nitrogens with one attached hydrogen (secondary N) is 1. The number of aliphatic carboxylic acids is 1. The summed E-state index contributed by atoms with van der Waals surface area (Å²) in [5.74, 6) is -2.17. The van der Waals surface area contributed by atoms with Gasteiger partial charge in [-0.2, -0.15) is 0 Å². The lowest BCUT2D eigenvalue weighted by molar-refractivity contribution is -0.141. The number of aromatic nitrogens is 1. The Hall–Kier alpha value is -2.11. The van der Waals surface area contributed by atoms with Crippen LogP contribution in [-0.4, -0.2) is 33.4 Å². The number of carbonyl (C=O) groups is 3. The van der Waals surface area contributed by atoms with Crippen molar-refractivity contribution in [3.8, 4) is 0 Å². The minimum atomic E-state index is -0.968. The maximum Gasteiger partial charge on any atom is 0.308 e. The molecule has 0 saturated carbocycles. The van der Waals surface area contributed by atoms with E-state index < -0.39 is 23.8 Å². The third kappa shape index (κ3) is 3.43. The normalized spacial score (nSPS) is 13.7. The van der Waals surface area contributed by atoms with Crippen molar-refractivity contribution >= 4 is 17.7 Å². The largest absolute Gasteiger partial charge is 0.481 e. The lowest BCUT2D eigenvalue weighted by atomic mass is 10.0. The first-order valence-electron chi connectivity index (χ1n) is 5.95. The van der Waals surface area contributed by atoms with Crippen LogP contribution in [0.15, 0.2) is 12.3 Å². The van der Waals surface area contributed by atoms with E-state index in [2.05, 4.69) is 5.32 Å². The number of carboxylic acid groups (broad SMARTS) is 1. The van der Waals surface area contributed by atoms with Gasteiger partial charge in [0, 0.05) is 24.8 Å². The van der Waals surface area contributed by atoms with Crippen LogP contribution in [0.1, 0.15) is 41.6 Å². The van der Waals surface area contributed by atoms with Crippen molar-refractivity contribution in [1.29, 1.82) is 0 Å². The zero-order valence-corrected chi connectivity index (χ0v) is 11.4. The average molecular weight is 266 g/mol. The Bertz CT molecular complexity index is 519. The van der Waals surface area contributed by atoms with Gasteiger partial charge in [-0.05, 0) is 26.8 Å². The smallest absolute Gasteiger partial charge is 0.308 e. The molecule has 6 nitrogen and oxygen atoms in total. The molecule has 0 aliphatic heterocycles. The fraction of sp³-hybridized carbons (Fsp3) is 0.462. The predicted octanol–water partition coefficient (Wildman–Crippen LogP) is 1.07. The van der Waals surface area contributed by atoms with E-state index in [1.807, 2.05) is 0 Å². The number of hydrogen-bond acceptors (Lipinski definition) is 3. The molecule has 1 amide bonds. The van der Waals surface area contributed by atoms with Crippen LogP contribution in [0.4, 0.5) is 0 Å². The van der Waals surface area contributed by atoms with Crippen LogP contribution in [0.3, 0.4) is 0 Å². The molecule has 0 saturated heterocycles. The number of carbonyl (C=O) groups excluding carboxylic acids is 2. The SMILES string of the molecule is CC(=O)c1cc(C(=O)NC(C)C(C)C(=O)O)n(C)c1. The van der Waals surface area contributed by atoms with Crippen LogP contribution < -0.4 is 5.32 Å². The highest BCUT2D eigenvalue weighted by molar-refractivity contribution is 5.99. The standard InChI is InChI=1S/C13H18N2O4/c1-7(13(18)19)8(2)14-12(17)11-5-10(9(3)16)6-15(11)4/h5-8H,1-4H3,(H,14,17)(H,18,19). The lowest BCUT2D eigenvalue weighted by Gasteiger charge is -2.17. The molecule has 0 aromatic carbocycles. The summed E-state index contributed by atoms with van der Waals surface area (Å²) in [6.07, 6.45) is 1.57. The number of aryl methyl sites for hydroxylation is 1. The van der Waals surface area contributed by atoms with E-state index in [9.17, 15) is 14.4 Å².